The average Bonchev–Trinajstić information content (AvgIpc) is 2.63. The molecule has 0 unspecified atom stereocenters. The van der Waals surface area contributed by atoms with Crippen LogP contribution in [0.1, 0.15) is 10.4 Å². The third kappa shape index (κ3) is 4.24. The standard InChI is InChI=1S/C20H15BrO3S/c21-18-10-6-17(7-11-18)20(22)14-25(23,24)19-12-8-16(9-13-19)15-4-2-1-3-5-15/h1-13H,14H2. The van der Waals surface area contributed by atoms with Crippen molar-refractivity contribution >= 4 is 31.6 Å². The van der Waals surface area contributed by atoms with Crippen molar-refractivity contribution in [2.75, 3.05) is 5.75 Å². The van der Waals surface area contributed by atoms with E-state index in [1.165, 1.54) is 0 Å². The molecule has 0 aliphatic carbocycles. The van der Waals surface area contributed by atoms with E-state index in [9.17, 15) is 13.2 Å². The van der Waals surface area contributed by atoms with Gasteiger partial charge in [-0.05, 0) is 35.4 Å². The number of carbonyl (C=O) groups excluding carboxylic acids is 1. The first-order chi connectivity index (χ1) is 12.0. The summed E-state index contributed by atoms with van der Waals surface area (Å²) in [4.78, 5) is 12.4. The quantitative estimate of drug-likeness (QED) is 0.564. The van der Waals surface area contributed by atoms with Gasteiger partial charge in [-0.3, -0.25) is 4.79 Å². The fraction of sp³-hybridized carbons (Fsp3) is 0.0500. The van der Waals surface area contributed by atoms with Crippen molar-refractivity contribution in [2.24, 2.45) is 0 Å². The van der Waals surface area contributed by atoms with Gasteiger partial charge in [0.2, 0.25) is 0 Å². The van der Waals surface area contributed by atoms with E-state index >= 15 is 0 Å². The zero-order valence-electron chi connectivity index (χ0n) is 13.2. The minimum Gasteiger partial charge on any atom is -0.293 e. The Kier molecular flexibility index (Phi) is 5.16. The lowest BCUT2D eigenvalue weighted by atomic mass is 10.1. The van der Waals surface area contributed by atoms with Crippen molar-refractivity contribution in [3.05, 3.63) is 88.9 Å². The maximum Gasteiger partial charge on any atom is 0.185 e. The zero-order chi connectivity index (χ0) is 17.9. The van der Waals surface area contributed by atoms with Gasteiger partial charge in [0.1, 0.15) is 5.75 Å². The third-order valence-corrected chi connectivity index (χ3v) is 5.97. The molecule has 126 valence electrons. The summed E-state index contributed by atoms with van der Waals surface area (Å²) in [5.41, 5.74) is 2.32. The van der Waals surface area contributed by atoms with Gasteiger partial charge in [-0.15, -0.1) is 0 Å². The second-order valence-corrected chi connectivity index (χ2v) is 8.48. The number of ketones is 1. The predicted octanol–water partition coefficient (Wildman–Crippen LogP) is 4.77. The molecule has 3 aromatic rings. The Labute approximate surface area is 155 Å². The van der Waals surface area contributed by atoms with Crippen LogP contribution >= 0.6 is 15.9 Å². The van der Waals surface area contributed by atoms with E-state index in [2.05, 4.69) is 15.9 Å². The number of rotatable bonds is 5. The lowest BCUT2D eigenvalue weighted by Crippen LogP contribution is -2.16. The van der Waals surface area contributed by atoms with Gasteiger partial charge in [0.05, 0.1) is 4.90 Å². The van der Waals surface area contributed by atoms with Crippen molar-refractivity contribution in [3.8, 4) is 11.1 Å². The average molecular weight is 415 g/mol. The van der Waals surface area contributed by atoms with Crippen molar-refractivity contribution in [3.63, 3.8) is 0 Å². The summed E-state index contributed by atoms with van der Waals surface area (Å²) in [6.07, 6.45) is 0. The summed E-state index contributed by atoms with van der Waals surface area (Å²) in [6, 6.07) is 23.0. The van der Waals surface area contributed by atoms with Crippen LogP contribution in [0.2, 0.25) is 0 Å². The normalized spacial score (nSPS) is 11.2. The molecule has 0 aromatic heterocycles. The number of benzene rings is 3. The Hall–Kier alpha value is -2.24. The van der Waals surface area contributed by atoms with Crippen LogP contribution in [0.15, 0.2) is 88.2 Å². The molecule has 0 bridgehead atoms. The minimum atomic E-state index is -3.68. The van der Waals surface area contributed by atoms with Gasteiger partial charge in [0, 0.05) is 10.0 Å². The molecule has 0 atom stereocenters. The molecular weight excluding hydrogens is 400 g/mol. The van der Waals surface area contributed by atoms with Crippen LogP contribution < -0.4 is 0 Å². The van der Waals surface area contributed by atoms with Crippen molar-refractivity contribution in [1.29, 1.82) is 0 Å². The first-order valence-corrected chi connectivity index (χ1v) is 10.1. The number of halogens is 1. The van der Waals surface area contributed by atoms with Gasteiger partial charge in [-0.2, -0.15) is 0 Å². The van der Waals surface area contributed by atoms with Gasteiger partial charge in [0.25, 0.3) is 0 Å². The molecule has 0 spiro atoms. The van der Waals surface area contributed by atoms with E-state index in [0.717, 1.165) is 15.6 Å². The van der Waals surface area contributed by atoms with Gasteiger partial charge >= 0.3 is 0 Å². The molecule has 5 heteroatoms. The molecule has 0 aliphatic rings. The molecule has 0 aliphatic heterocycles. The summed E-state index contributed by atoms with van der Waals surface area (Å²) in [5, 5.41) is 0. The van der Waals surface area contributed by atoms with Crippen LogP contribution in [-0.4, -0.2) is 20.0 Å². The highest BCUT2D eigenvalue weighted by molar-refractivity contribution is 9.10. The SMILES string of the molecule is O=C(CS(=O)(=O)c1ccc(-c2ccccc2)cc1)c1ccc(Br)cc1. The maximum atomic E-state index is 12.5. The molecule has 3 aromatic carbocycles. The summed E-state index contributed by atoms with van der Waals surface area (Å²) >= 11 is 3.29. The number of sulfone groups is 1. The van der Waals surface area contributed by atoms with Crippen LogP contribution in [0.3, 0.4) is 0 Å². The van der Waals surface area contributed by atoms with Crippen molar-refractivity contribution < 1.29 is 13.2 Å². The molecule has 0 amide bonds. The molecule has 3 nitrogen and oxygen atoms in total. The van der Waals surface area contributed by atoms with E-state index in [1.54, 1.807) is 48.5 Å². The summed E-state index contributed by atoms with van der Waals surface area (Å²) in [7, 11) is -3.68. The largest absolute Gasteiger partial charge is 0.293 e. The molecule has 0 saturated carbocycles. The summed E-state index contributed by atoms with van der Waals surface area (Å²) in [6.45, 7) is 0. The van der Waals surface area contributed by atoms with Gasteiger partial charge in [0.15, 0.2) is 15.6 Å². The fourth-order valence-electron chi connectivity index (χ4n) is 2.46. The predicted molar refractivity (Wildman–Crippen MR) is 102 cm³/mol. The summed E-state index contributed by atoms with van der Waals surface area (Å²) < 4.78 is 25.8. The lowest BCUT2D eigenvalue weighted by molar-refractivity contribution is 0.102. The molecule has 25 heavy (non-hydrogen) atoms. The van der Waals surface area contributed by atoms with E-state index in [0.29, 0.717) is 5.56 Å². The molecule has 0 fully saturated rings. The van der Waals surface area contributed by atoms with Gasteiger partial charge in [-0.25, -0.2) is 8.42 Å². The van der Waals surface area contributed by atoms with Crippen LogP contribution in [0.5, 0.6) is 0 Å². The van der Waals surface area contributed by atoms with Crippen molar-refractivity contribution in [2.45, 2.75) is 4.90 Å². The first-order valence-electron chi connectivity index (χ1n) is 7.63. The minimum absolute atomic E-state index is 0.151. The highest BCUT2D eigenvalue weighted by atomic mass is 79.9. The Morgan fingerprint density at radius 3 is 1.92 bits per heavy atom. The first kappa shape index (κ1) is 17.6. The molecule has 0 radical (unpaired) electrons. The van der Waals surface area contributed by atoms with E-state index in [-0.39, 0.29) is 4.90 Å². The third-order valence-electron chi connectivity index (χ3n) is 3.81. The van der Waals surface area contributed by atoms with Crippen LogP contribution in [0.4, 0.5) is 0 Å². The van der Waals surface area contributed by atoms with Gasteiger partial charge in [-0.1, -0.05) is 70.5 Å². The fourth-order valence-corrected chi connectivity index (χ4v) is 3.95. The van der Waals surface area contributed by atoms with Crippen molar-refractivity contribution in [1.82, 2.24) is 0 Å². The molecule has 0 heterocycles. The number of hydrogen-bond acceptors (Lipinski definition) is 3. The molecule has 0 saturated heterocycles. The Balaban J connectivity index is 1.80. The van der Waals surface area contributed by atoms with Crippen LogP contribution in [0.25, 0.3) is 11.1 Å². The monoisotopic (exact) mass is 414 g/mol. The number of Topliss-reactive ketones (excluding diaryl/α,β-unsaturated/α-hetero) is 1. The van der Waals surface area contributed by atoms with Crippen LogP contribution in [0, 0.1) is 0 Å². The second-order valence-electron chi connectivity index (χ2n) is 5.58. The topological polar surface area (TPSA) is 51.2 Å². The Bertz CT molecular complexity index is 977. The van der Waals surface area contributed by atoms with E-state index < -0.39 is 21.4 Å². The highest BCUT2D eigenvalue weighted by Gasteiger charge is 2.20. The molecular formula is C20H15BrO3S. The van der Waals surface area contributed by atoms with E-state index in [1.807, 2.05) is 30.3 Å². The Morgan fingerprint density at radius 1 is 0.760 bits per heavy atom. The smallest absolute Gasteiger partial charge is 0.185 e. The maximum absolute atomic E-state index is 12.5. The van der Waals surface area contributed by atoms with E-state index in [4.69, 9.17) is 0 Å². The second kappa shape index (κ2) is 7.33. The zero-order valence-corrected chi connectivity index (χ0v) is 15.6. The lowest BCUT2D eigenvalue weighted by Gasteiger charge is -2.06. The molecule has 3 rings (SSSR count). The summed E-state index contributed by atoms with van der Waals surface area (Å²) in [5.74, 6) is -0.959. The van der Waals surface area contributed by atoms with Crippen LogP contribution in [-0.2, 0) is 9.84 Å². The molecule has 0 N–H and O–H groups in total. The number of carbonyl (C=O) groups is 1. The Morgan fingerprint density at radius 2 is 1.32 bits per heavy atom. The van der Waals surface area contributed by atoms with Gasteiger partial charge < -0.3 is 0 Å². The number of hydrogen-bond donors (Lipinski definition) is 0. The highest BCUT2D eigenvalue weighted by Crippen LogP contribution is 2.22.